The molecule has 0 saturated heterocycles. The van der Waals surface area contributed by atoms with Gasteiger partial charge in [-0.3, -0.25) is 0 Å². The number of aliphatic imine (C=N–C) groups is 2. The third-order valence-electron chi connectivity index (χ3n) is 11.4. The molecule has 0 atom stereocenters. The van der Waals surface area contributed by atoms with Gasteiger partial charge in [-0.05, 0) is 105 Å². The predicted octanol–water partition coefficient (Wildman–Crippen LogP) is 15.5. The lowest BCUT2D eigenvalue weighted by Crippen LogP contribution is -2.04. The molecule has 0 fully saturated rings. The minimum Gasteiger partial charge on any atom is -0.456 e. The first-order chi connectivity index (χ1) is 29.1. The Morgan fingerprint density at radius 2 is 1.17 bits per heavy atom. The van der Waals surface area contributed by atoms with Crippen LogP contribution in [0.4, 0.5) is 0 Å². The quantitative estimate of drug-likeness (QED) is 0.0942. The number of hydrogen-bond donors (Lipinski definition) is 0. The Balaban J connectivity index is 0.994. The smallest absolute Gasteiger partial charge is 0.160 e. The van der Waals surface area contributed by atoms with E-state index in [9.17, 15) is 0 Å². The average molecular weight is 773 g/mol. The molecule has 0 aliphatic rings. The fraction of sp³-hybridized carbons (Fsp3) is 0.0182. The third kappa shape index (κ3) is 6.13. The van der Waals surface area contributed by atoms with Crippen LogP contribution in [0.15, 0.2) is 209 Å². The minimum atomic E-state index is 0.616. The first-order valence-corrected chi connectivity index (χ1v) is 20.6. The summed E-state index contributed by atoms with van der Waals surface area (Å²) >= 11 is 1.81. The van der Waals surface area contributed by atoms with Crippen LogP contribution < -0.4 is 0 Å². The largest absolute Gasteiger partial charge is 0.456 e. The molecule has 0 radical (unpaired) electrons. The van der Waals surface area contributed by atoms with E-state index in [1.54, 1.807) is 0 Å². The van der Waals surface area contributed by atoms with E-state index in [0.717, 1.165) is 61.0 Å². The molecule has 0 aliphatic heterocycles. The molecule has 2 heterocycles. The van der Waals surface area contributed by atoms with Crippen molar-refractivity contribution in [2.24, 2.45) is 9.98 Å². The van der Waals surface area contributed by atoms with Gasteiger partial charge in [0.25, 0.3) is 0 Å². The molecule has 0 spiro atoms. The van der Waals surface area contributed by atoms with Gasteiger partial charge in [-0.2, -0.15) is 0 Å². The standard InChI is InChI=1S/C55H36N2OS/c1-34(56-55(36-14-4-3-5-15-36)57-35(2)38-27-29-53-48(31-38)46-22-10-11-25-52(46)59-53)37-17-12-18-39(30-37)43-23-13-24-51-54(43)49-33-41(26-28-50(49)58-51)47-32-40-16-6-7-19-42(40)44-20-8-9-21-45(44)47/h3-33H,2H2,1H3. The van der Waals surface area contributed by atoms with Gasteiger partial charge in [-0.15, -0.1) is 11.3 Å². The van der Waals surface area contributed by atoms with Gasteiger partial charge in [0, 0.05) is 47.8 Å². The van der Waals surface area contributed by atoms with Gasteiger partial charge in [0.15, 0.2) is 5.84 Å². The fourth-order valence-electron chi connectivity index (χ4n) is 8.50. The predicted molar refractivity (Wildman–Crippen MR) is 253 cm³/mol. The normalized spacial score (nSPS) is 12.4. The fourth-order valence-corrected chi connectivity index (χ4v) is 9.59. The highest BCUT2D eigenvalue weighted by molar-refractivity contribution is 7.25. The number of nitrogens with zero attached hydrogens (tertiary/aromatic N) is 2. The van der Waals surface area contributed by atoms with Crippen molar-refractivity contribution in [3.05, 3.63) is 211 Å². The minimum absolute atomic E-state index is 0.616. The summed E-state index contributed by atoms with van der Waals surface area (Å²) in [5, 5.41) is 9.64. The summed E-state index contributed by atoms with van der Waals surface area (Å²) in [4.78, 5) is 10.3. The Morgan fingerprint density at radius 3 is 2.05 bits per heavy atom. The molecule has 59 heavy (non-hydrogen) atoms. The van der Waals surface area contributed by atoms with Crippen LogP contribution in [0.3, 0.4) is 0 Å². The molecule has 0 unspecified atom stereocenters. The van der Waals surface area contributed by atoms with Crippen molar-refractivity contribution in [1.82, 2.24) is 0 Å². The van der Waals surface area contributed by atoms with Crippen LogP contribution in [0.5, 0.6) is 0 Å². The Morgan fingerprint density at radius 1 is 0.458 bits per heavy atom. The van der Waals surface area contributed by atoms with Crippen molar-refractivity contribution < 1.29 is 4.42 Å². The van der Waals surface area contributed by atoms with Gasteiger partial charge in [-0.1, -0.05) is 146 Å². The summed E-state index contributed by atoms with van der Waals surface area (Å²) < 4.78 is 9.04. The Hall–Kier alpha value is -7.40. The molecular formula is C55H36N2OS. The zero-order valence-electron chi connectivity index (χ0n) is 32.3. The monoisotopic (exact) mass is 772 g/mol. The summed E-state index contributed by atoms with van der Waals surface area (Å²) in [7, 11) is 0. The number of thiophene rings is 1. The van der Waals surface area contributed by atoms with Crippen LogP contribution in [0.25, 0.3) is 91.6 Å². The number of hydrogen-bond acceptors (Lipinski definition) is 3. The number of amidine groups is 1. The first kappa shape index (κ1) is 34.8. The van der Waals surface area contributed by atoms with Gasteiger partial charge in [0.1, 0.15) is 11.2 Å². The van der Waals surface area contributed by atoms with E-state index in [4.69, 9.17) is 14.4 Å². The Labute approximate surface area is 345 Å². The SMILES string of the molecule is C=C(N=C(N=C(C)c1cccc(-c2cccc3oc4ccc(-c5cc6ccccc6c6ccccc56)cc4c23)c1)c1ccccc1)c1ccc2sc3ccccc3c2c1. The van der Waals surface area contributed by atoms with Crippen molar-refractivity contribution in [2.45, 2.75) is 6.92 Å². The lowest BCUT2D eigenvalue weighted by atomic mass is 9.92. The van der Waals surface area contributed by atoms with Gasteiger partial charge >= 0.3 is 0 Å². The second-order valence-electron chi connectivity index (χ2n) is 15.0. The number of benzene rings is 9. The van der Waals surface area contributed by atoms with Crippen LogP contribution in [-0.2, 0) is 0 Å². The van der Waals surface area contributed by atoms with Crippen molar-refractivity contribution >= 4 is 92.2 Å². The van der Waals surface area contributed by atoms with Crippen molar-refractivity contribution in [3.8, 4) is 22.3 Å². The molecule has 3 nitrogen and oxygen atoms in total. The molecule has 278 valence electrons. The molecule has 0 saturated carbocycles. The zero-order chi connectivity index (χ0) is 39.5. The highest BCUT2D eigenvalue weighted by Crippen LogP contribution is 2.41. The van der Waals surface area contributed by atoms with Crippen molar-refractivity contribution in [3.63, 3.8) is 0 Å². The van der Waals surface area contributed by atoms with E-state index in [-0.39, 0.29) is 0 Å². The Bertz CT molecular complexity index is 3530. The lowest BCUT2D eigenvalue weighted by Gasteiger charge is -2.11. The maximum absolute atomic E-state index is 6.51. The van der Waals surface area contributed by atoms with Crippen LogP contribution in [0, 0.1) is 0 Å². The van der Waals surface area contributed by atoms with Gasteiger partial charge in [0.2, 0.25) is 0 Å². The molecular weight excluding hydrogens is 737 g/mol. The molecule has 0 N–H and O–H groups in total. The third-order valence-corrected chi connectivity index (χ3v) is 12.6. The second-order valence-corrected chi connectivity index (χ2v) is 16.1. The van der Waals surface area contributed by atoms with Crippen LogP contribution >= 0.6 is 11.3 Å². The van der Waals surface area contributed by atoms with E-state index in [1.165, 1.54) is 47.3 Å². The highest BCUT2D eigenvalue weighted by atomic mass is 32.1. The first-order valence-electron chi connectivity index (χ1n) is 19.8. The topological polar surface area (TPSA) is 37.9 Å². The molecule has 11 rings (SSSR count). The molecule has 0 aliphatic carbocycles. The van der Waals surface area contributed by atoms with E-state index in [2.05, 4.69) is 183 Å². The summed E-state index contributed by atoms with van der Waals surface area (Å²) in [5.41, 5.74) is 10.7. The number of rotatable bonds is 6. The zero-order valence-corrected chi connectivity index (χ0v) is 33.1. The van der Waals surface area contributed by atoms with E-state index < -0.39 is 0 Å². The average Bonchev–Trinajstić information content (AvgIpc) is 3.86. The van der Waals surface area contributed by atoms with Crippen LogP contribution in [0.2, 0.25) is 0 Å². The van der Waals surface area contributed by atoms with Crippen molar-refractivity contribution in [2.75, 3.05) is 0 Å². The number of fused-ring (bicyclic) bond motifs is 9. The summed E-state index contributed by atoms with van der Waals surface area (Å²) in [6, 6.07) is 66.4. The number of furan rings is 1. The van der Waals surface area contributed by atoms with Gasteiger partial charge in [-0.25, -0.2) is 9.98 Å². The summed E-state index contributed by atoms with van der Waals surface area (Å²) in [6.07, 6.45) is 0. The van der Waals surface area contributed by atoms with E-state index in [0.29, 0.717) is 11.5 Å². The van der Waals surface area contributed by atoms with Gasteiger partial charge < -0.3 is 4.42 Å². The molecule has 11 aromatic rings. The maximum Gasteiger partial charge on any atom is 0.160 e. The van der Waals surface area contributed by atoms with E-state index >= 15 is 0 Å². The molecule has 4 heteroatoms. The molecule has 0 bridgehead atoms. The molecule has 2 aromatic heterocycles. The lowest BCUT2D eigenvalue weighted by molar-refractivity contribution is 0.669. The molecule has 0 amide bonds. The van der Waals surface area contributed by atoms with E-state index in [1.807, 2.05) is 29.5 Å². The van der Waals surface area contributed by atoms with Gasteiger partial charge in [0.05, 0.1) is 5.70 Å². The van der Waals surface area contributed by atoms with Crippen LogP contribution in [-0.4, -0.2) is 11.5 Å². The van der Waals surface area contributed by atoms with Crippen LogP contribution in [0.1, 0.15) is 23.6 Å². The summed E-state index contributed by atoms with van der Waals surface area (Å²) in [5.74, 6) is 0.616. The summed E-state index contributed by atoms with van der Waals surface area (Å²) in [6.45, 7) is 6.49. The highest BCUT2D eigenvalue weighted by Gasteiger charge is 2.17. The molecule has 9 aromatic carbocycles. The second kappa shape index (κ2) is 14.2. The maximum atomic E-state index is 6.51. The Kier molecular flexibility index (Phi) is 8.38. The van der Waals surface area contributed by atoms with Crippen molar-refractivity contribution in [1.29, 1.82) is 0 Å².